The highest BCUT2D eigenvalue weighted by Crippen LogP contribution is 2.19. The van der Waals surface area contributed by atoms with E-state index in [4.69, 9.17) is 14.7 Å². The van der Waals surface area contributed by atoms with Gasteiger partial charge in [0.1, 0.15) is 29.2 Å². The number of carbonyl (C=O) groups is 1. The van der Waals surface area contributed by atoms with Crippen LogP contribution in [0.4, 0.5) is 4.79 Å². The van der Waals surface area contributed by atoms with Gasteiger partial charge in [0.2, 0.25) is 0 Å². The van der Waals surface area contributed by atoms with E-state index < -0.39 is 5.60 Å². The van der Waals surface area contributed by atoms with Crippen LogP contribution < -0.4 is 4.74 Å². The molecular weight excluding hydrogens is 258 g/mol. The number of aromatic nitrogens is 1. The number of pyridine rings is 1. The summed E-state index contributed by atoms with van der Waals surface area (Å²) in [6.07, 6.45) is 1.13. The van der Waals surface area contributed by atoms with Crippen molar-refractivity contribution in [3.63, 3.8) is 0 Å². The largest absolute Gasteiger partial charge is 0.485 e. The summed E-state index contributed by atoms with van der Waals surface area (Å²) < 4.78 is 10.9. The Morgan fingerprint density at radius 1 is 1.45 bits per heavy atom. The number of hydrogen-bond donors (Lipinski definition) is 0. The number of likely N-dealkylation sites (tertiary alicyclic amines) is 1. The summed E-state index contributed by atoms with van der Waals surface area (Å²) >= 11 is 0. The topological polar surface area (TPSA) is 75.4 Å². The van der Waals surface area contributed by atoms with E-state index in [9.17, 15) is 4.79 Å². The Kier molecular flexibility index (Phi) is 3.79. The second-order valence-corrected chi connectivity index (χ2v) is 5.62. The maximum Gasteiger partial charge on any atom is 0.410 e. The number of nitriles is 1. The number of carbonyl (C=O) groups excluding carboxylic acids is 1. The van der Waals surface area contributed by atoms with Gasteiger partial charge < -0.3 is 14.4 Å². The zero-order valence-corrected chi connectivity index (χ0v) is 11.8. The van der Waals surface area contributed by atoms with Gasteiger partial charge in [-0.3, -0.25) is 0 Å². The van der Waals surface area contributed by atoms with Crippen LogP contribution in [-0.2, 0) is 4.74 Å². The molecular formula is C14H17N3O3. The molecule has 1 fully saturated rings. The fourth-order valence-corrected chi connectivity index (χ4v) is 1.70. The molecule has 0 aliphatic carbocycles. The van der Waals surface area contributed by atoms with Crippen LogP contribution in [0.15, 0.2) is 18.3 Å². The molecule has 1 amide bonds. The fraction of sp³-hybridized carbons (Fsp3) is 0.500. The first kappa shape index (κ1) is 14.1. The molecule has 2 rings (SSSR count). The monoisotopic (exact) mass is 275 g/mol. The lowest BCUT2D eigenvalue weighted by molar-refractivity contribution is -0.0222. The molecule has 0 unspecified atom stereocenters. The maximum atomic E-state index is 11.7. The first-order valence-electron chi connectivity index (χ1n) is 6.38. The second kappa shape index (κ2) is 5.37. The van der Waals surface area contributed by atoms with E-state index in [2.05, 4.69) is 4.98 Å². The molecule has 1 aromatic heterocycles. The highest BCUT2D eigenvalue weighted by Gasteiger charge is 2.35. The zero-order chi connectivity index (χ0) is 14.8. The molecule has 0 radical (unpaired) electrons. The molecule has 6 nitrogen and oxygen atoms in total. The van der Waals surface area contributed by atoms with Gasteiger partial charge in [0, 0.05) is 0 Å². The Morgan fingerprint density at radius 3 is 2.65 bits per heavy atom. The van der Waals surface area contributed by atoms with E-state index >= 15 is 0 Å². The van der Waals surface area contributed by atoms with Crippen molar-refractivity contribution < 1.29 is 14.3 Å². The van der Waals surface area contributed by atoms with Crippen LogP contribution >= 0.6 is 0 Å². The normalized spacial score (nSPS) is 15.2. The molecule has 1 aromatic rings. The lowest BCUT2D eigenvalue weighted by Gasteiger charge is -2.39. The van der Waals surface area contributed by atoms with Crippen molar-refractivity contribution in [2.75, 3.05) is 13.1 Å². The molecule has 0 atom stereocenters. The van der Waals surface area contributed by atoms with Crippen molar-refractivity contribution >= 4 is 6.09 Å². The van der Waals surface area contributed by atoms with Gasteiger partial charge in [0.25, 0.3) is 0 Å². The SMILES string of the molecule is CC(C)(C)OC(=O)N1CC(Oc2ccc(C#N)nc2)C1. The molecule has 106 valence electrons. The number of amides is 1. The Morgan fingerprint density at radius 2 is 2.15 bits per heavy atom. The Labute approximate surface area is 117 Å². The molecule has 0 saturated carbocycles. The number of hydrogen-bond acceptors (Lipinski definition) is 5. The Hall–Kier alpha value is -2.29. The zero-order valence-electron chi connectivity index (χ0n) is 11.8. The summed E-state index contributed by atoms with van der Waals surface area (Å²) in [5.41, 5.74) is -0.138. The minimum Gasteiger partial charge on any atom is -0.485 e. The third-order valence-electron chi connectivity index (χ3n) is 2.65. The average molecular weight is 275 g/mol. The average Bonchev–Trinajstić information content (AvgIpc) is 2.31. The smallest absolute Gasteiger partial charge is 0.410 e. The van der Waals surface area contributed by atoms with E-state index in [0.29, 0.717) is 24.5 Å². The van der Waals surface area contributed by atoms with Crippen molar-refractivity contribution in [2.24, 2.45) is 0 Å². The lowest BCUT2D eigenvalue weighted by Crippen LogP contribution is -2.57. The molecule has 0 spiro atoms. The molecule has 1 aliphatic rings. The van der Waals surface area contributed by atoms with Crippen molar-refractivity contribution in [3.8, 4) is 11.8 Å². The van der Waals surface area contributed by atoms with E-state index in [-0.39, 0.29) is 12.2 Å². The van der Waals surface area contributed by atoms with Crippen LogP contribution in [-0.4, -0.2) is 40.8 Å². The molecule has 1 saturated heterocycles. The molecule has 0 N–H and O–H groups in total. The van der Waals surface area contributed by atoms with Crippen LogP contribution in [0.1, 0.15) is 26.5 Å². The molecule has 0 aromatic carbocycles. The van der Waals surface area contributed by atoms with Crippen LogP contribution in [0.25, 0.3) is 0 Å². The first-order valence-corrected chi connectivity index (χ1v) is 6.38. The van der Waals surface area contributed by atoms with Gasteiger partial charge in [-0.05, 0) is 32.9 Å². The summed E-state index contributed by atoms with van der Waals surface area (Å²) in [4.78, 5) is 17.2. The minimum atomic E-state index is -0.486. The minimum absolute atomic E-state index is 0.0581. The molecule has 20 heavy (non-hydrogen) atoms. The van der Waals surface area contributed by atoms with E-state index in [0.717, 1.165) is 0 Å². The van der Waals surface area contributed by atoms with Gasteiger partial charge in [-0.15, -0.1) is 0 Å². The number of nitrogens with zero attached hydrogens (tertiary/aromatic N) is 3. The quantitative estimate of drug-likeness (QED) is 0.824. The predicted molar refractivity (Wildman–Crippen MR) is 71.2 cm³/mol. The van der Waals surface area contributed by atoms with Gasteiger partial charge in [-0.25, -0.2) is 9.78 Å². The highest BCUT2D eigenvalue weighted by molar-refractivity contribution is 5.69. The second-order valence-electron chi connectivity index (χ2n) is 5.62. The van der Waals surface area contributed by atoms with E-state index in [1.807, 2.05) is 26.8 Å². The number of ether oxygens (including phenoxy) is 2. The summed E-state index contributed by atoms with van der Waals surface area (Å²) in [7, 11) is 0. The summed E-state index contributed by atoms with van der Waals surface area (Å²) in [5, 5.41) is 8.64. The lowest BCUT2D eigenvalue weighted by atomic mass is 10.1. The first-order chi connectivity index (χ1) is 9.37. The molecule has 2 heterocycles. The van der Waals surface area contributed by atoms with Gasteiger partial charge in [-0.1, -0.05) is 0 Å². The fourth-order valence-electron chi connectivity index (χ4n) is 1.70. The Bertz CT molecular complexity index is 522. The molecule has 1 aliphatic heterocycles. The summed E-state index contributed by atoms with van der Waals surface area (Å²) in [6, 6.07) is 5.24. The van der Waals surface area contributed by atoms with Gasteiger partial charge in [-0.2, -0.15) is 5.26 Å². The van der Waals surface area contributed by atoms with Crippen LogP contribution in [0.2, 0.25) is 0 Å². The predicted octanol–water partition coefficient (Wildman–Crippen LogP) is 1.95. The van der Waals surface area contributed by atoms with Crippen LogP contribution in [0.5, 0.6) is 5.75 Å². The maximum absolute atomic E-state index is 11.7. The third kappa shape index (κ3) is 3.60. The van der Waals surface area contributed by atoms with E-state index in [1.54, 1.807) is 17.0 Å². The van der Waals surface area contributed by atoms with Gasteiger partial charge in [0.05, 0.1) is 19.3 Å². The third-order valence-corrected chi connectivity index (χ3v) is 2.65. The highest BCUT2D eigenvalue weighted by atomic mass is 16.6. The van der Waals surface area contributed by atoms with Crippen molar-refractivity contribution in [3.05, 3.63) is 24.0 Å². The van der Waals surface area contributed by atoms with Crippen molar-refractivity contribution in [2.45, 2.75) is 32.5 Å². The van der Waals surface area contributed by atoms with Crippen LogP contribution in [0.3, 0.4) is 0 Å². The standard InChI is InChI=1S/C14H17N3O3/c1-14(2,3)20-13(18)17-8-12(9-17)19-11-5-4-10(6-15)16-7-11/h4-5,7,12H,8-9H2,1-3H3. The number of rotatable bonds is 2. The summed E-state index contributed by atoms with van der Waals surface area (Å²) in [5.74, 6) is 0.595. The van der Waals surface area contributed by atoms with Crippen molar-refractivity contribution in [1.29, 1.82) is 5.26 Å². The summed E-state index contributed by atoms with van der Waals surface area (Å²) in [6.45, 7) is 6.49. The van der Waals surface area contributed by atoms with E-state index in [1.165, 1.54) is 6.20 Å². The van der Waals surface area contributed by atoms with Gasteiger partial charge in [0.15, 0.2) is 0 Å². The molecule has 6 heteroatoms. The van der Waals surface area contributed by atoms with Crippen LogP contribution in [0, 0.1) is 11.3 Å². The molecule has 0 bridgehead atoms. The van der Waals surface area contributed by atoms with Crippen molar-refractivity contribution in [1.82, 2.24) is 9.88 Å². The Balaban J connectivity index is 1.79. The van der Waals surface area contributed by atoms with Gasteiger partial charge >= 0.3 is 6.09 Å².